The first-order valence-electron chi connectivity index (χ1n) is 5.38. The second-order valence-electron chi connectivity index (χ2n) is 4.37. The lowest BCUT2D eigenvalue weighted by atomic mass is 10.1. The van der Waals surface area contributed by atoms with E-state index in [1.807, 2.05) is 12.1 Å². The van der Waals surface area contributed by atoms with Crippen molar-refractivity contribution in [3.63, 3.8) is 0 Å². The lowest BCUT2D eigenvalue weighted by molar-refractivity contribution is 0.300. The molecule has 0 aliphatic rings. The highest BCUT2D eigenvalue weighted by Gasteiger charge is 2.03. The van der Waals surface area contributed by atoms with Crippen molar-refractivity contribution in [2.75, 3.05) is 13.6 Å². The quantitative estimate of drug-likeness (QED) is 0.717. The van der Waals surface area contributed by atoms with Crippen LogP contribution in [-0.4, -0.2) is 23.5 Å². The Hall–Kier alpha value is -0.600. The molecule has 1 aromatic rings. The van der Waals surface area contributed by atoms with Crippen LogP contribution in [-0.2, 0) is 6.54 Å². The van der Waals surface area contributed by atoms with E-state index in [1.54, 1.807) is 6.07 Å². The number of hydrogen-bond donors (Lipinski definition) is 0. The molecule has 0 unspecified atom stereocenters. The number of aromatic nitrogens is 1. The van der Waals surface area contributed by atoms with Gasteiger partial charge in [0.1, 0.15) is 5.15 Å². The predicted molar refractivity (Wildman–Crippen MR) is 65.0 cm³/mol. The summed E-state index contributed by atoms with van der Waals surface area (Å²) in [6.07, 6.45) is 1.22. The first-order chi connectivity index (χ1) is 7.08. The van der Waals surface area contributed by atoms with Crippen LogP contribution in [0.25, 0.3) is 0 Å². The summed E-state index contributed by atoms with van der Waals surface area (Å²) in [7, 11) is 2.12. The smallest absolute Gasteiger partial charge is 0.129 e. The summed E-state index contributed by atoms with van der Waals surface area (Å²) in [6.45, 7) is 6.45. The molecule has 3 heteroatoms. The summed E-state index contributed by atoms with van der Waals surface area (Å²) in [5.41, 5.74) is 1.04. The van der Waals surface area contributed by atoms with E-state index >= 15 is 0 Å². The average molecular weight is 227 g/mol. The molecule has 1 rings (SSSR count). The molecule has 0 aromatic carbocycles. The highest BCUT2D eigenvalue weighted by Crippen LogP contribution is 2.08. The average Bonchev–Trinajstić information content (AvgIpc) is 2.15. The van der Waals surface area contributed by atoms with E-state index in [-0.39, 0.29) is 0 Å². The van der Waals surface area contributed by atoms with E-state index < -0.39 is 0 Å². The normalized spacial score (nSPS) is 11.3. The Labute approximate surface area is 97.3 Å². The molecule has 2 nitrogen and oxygen atoms in total. The van der Waals surface area contributed by atoms with Crippen LogP contribution in [0.1, 0.15) is 26.0 Å². The van der Waals surface area contributed by atoms with Gasteiger partial charge in [0.2, 0.25) is 0 Å². The van der Waals surface area contributed by atoms with Gasteiger partial charge in [0.25, 0.3) is 0 Å². The summed E-state index contributed by atoms with van der Waals surface area (Å²) in [5.74, 6) is 0.750. The van der Waals surface area contributed by atoms with Gasteiger partial charge in [0.05, 0.1) is 5.69 Å². The third-order valence-electron chi connectivity index (χ3n) is 2.29. The fourth-order valence-electron chi connectivity index (χ4n) is 1.37. The minimum atomic E-state index is 0.574. The number of rotatable bonds is 5. The SMILES string of the molecule is CC(C)CCN(C)Cc1cccc(Cl)n1. The Morgan fingerprint density at radius 1 is 1.40 bits per heavy atom. The van der Waals surface area contributed by atoms with Crippen molar-refractivity contribution in [2.24, 2.45) is 5.92 Å². The zero-order valence-electron chi connectivity index (χ0n) is 9.70. The maximum Gasteiger partial charge on any atom is 0.129 e. The maximum absolute atomic E-state index is 5.83. The Kier molecular flexibility index (Phi) is 5.06. The fraction of sp³-hybridized carbons (Fsp3) is 0.583. The van der Waals surface area contributed by atoms with E-state index in [4.69, 9.17) is 11.6 Å². The van der Waals surface area contributed by atoms with Gasteiger partial charge in [0.15, 0.2) is 0 Å². The third-order valence-corrected chi connectivity index (χ3v) is 2.50. The highest BCUT2D eigenvalue weighted by atomic mass is 35.5. The maximum atomic E-state index is 5.83. The Bertz CT molecular complexity index is 299. The van der Waals surface area contributed by atoms with Crippen LogP contribution in [0.2, 0.25) is 5.15 Å². The fourth-order valence-corrected chi connectivity index (χ4v) is 1.55. The molecule has 84 valence electrons. The van der Waals surface area contributed by atoms with Gasteiger partial charge in [0, 0.05) is 6.54 Å². The van der Waals surface area contributed by atoms with Crippen molar-refractivity contribution in [3.8, 4) is 0 Å². The van der Waals surface area contributed by atoms with Crippen LogP contribution in [0, 0.1) is 5.92 Å². The minimum absolute atomic E-state index is 0.574. The molecule has 0 N–H and O–H groups in total. The van der Waals surface area contributed by atoms with E-state index in [0.29, 0.717) is 5.15 Å². The summed E-state index contributed by atoms with van der Waals surface area (Å²) < 4.78 is 0. The Balaban J connectivity index is 2.40. The van der Waals surface area contributed by atoms with Gasteiger partial charge in [-0.05, 0) is 38.1 Å². The van der Waals surface area contributed by atoms with Crippen molar-refractivity contribution in [1.82, 2.24) is 9.88 Å². The number of pyridine rings is 1. The molecule has 1 heterocycles. The molecule has 0 saturated heterocycles. The molecule has 0 aliphatic heterocycles. The van der Waals surface area contributed by atoms with Crippen LogP contribution in [0.5, 0.6) is 0 Å². The van der Waals surface area contributed by atoms with Crippen molar-refractivity contribution >= 4 is 11.6 Å². The molecule has 0 fully saturated rings. The van der Waals surface area contributed by atoms with E-state index in [0.717, 1.165) is 24.7 Å². The van der Waals surface area contributed by atoms with E-state index in [2.05, 4.69) is 30.8 Å². The zero-order chi connectivity index (χ0) is 11.3. The monoisotopic (exact) mass is 226 g/mol. The standard InChI is InChI=1S/C12H19ClN2/c1-10(2)7-8-15(3)9-11-5-4-6-12(13)14-11/h4-6,10H,7-9H2,1-3H3. The molecule has 0 spiro atoms. The number of nitrogens with zero attached hydrogens (tertiary/aromatic N) is 2. The van der Waals surface area contributed by atoms with Crippen LogP contribution in [0.3, 0.4) is 0 Å². The molecule has 0 saturated carbocycles. The Morgan fingerprint density at radius 3 is 2.73 bits per heavy atom. The molecule has 1 aromatic heterocycles. The van der Waals surface area contributed by atoms with Crippen LogP contribution < -0.4 is 0 Å². The topological polar surface area (TPSA) is 16.1 Å². The summed E-state index contributed by atoms with van der Waals surface area (Å²) in [5, 5.41) is 0.574. The second kappa shape index (κ2) is 6.09. The van der Waals surface area contributed by atoms with Crippen molar-refractivity contribution in [1.29, 1.82) is 0 Å². The molecular formula is C12H19ClN2. The molecular weight excluding hydrogens is 208 g/mol. The van der Waals surface area contributed by atoms with Crippen molar-refractivity contribution < 1.29 is 0 Å². The third kappa shape index (κ3) is 5.14. The summed E-state index contributed by atoms with van der Waals surface area (Å²) >= 11 is 5.83. The van der Waals surface area contributed by atoms with Gasteiger partial charge < -0.3 is 4.90 Å². The molecule has 0 aliphatic carbocycles. The molecule has 0 radical (unpaired) electrons. The molecule has 0 atom stereocenters. The Morgan fingerprint density at radius 2 is 2.13 bits per heavy atom. The van der Waals surface area contributed by atoms with Crippen molar-refractivity contribution in [3.05, 3.63) is 29.0 Å². The predicted octanol–water partition coefficient (Wildman–Crippen LogP) is 3.21. The van der Waals surface area contributed by atoms with E-state index in [1.165, 1.54) is 6.42 Å². The molecule has 15 heavy (non-hydrogen) atoms. The zero-order valence-corrected chi connectivity index (χ0v) is 10.5. The lowest BCUT2D eigenvalue weighted by Gasteiger charge is -2.17. The summed E-state index contributed by atoms with van der Waals surface area (Å²) in [6, 6.07) is 5.76. The van der Waals surface area contributed by atoms with Gasteiger partial charge in [-0.15, -0.1) is 0 Å². The van der Waals surface area contributed by atoms with Gasteiger partial charge >= 0.3 is 0 Å². The van der Waals surface area contributed by atoms with Crippen LogP contribution in [0.4, 0.5) is 0 Å². The van der Waals surface area contributed by atoms with Gasteiger partial charge in [-0.2, -0.15) is 0 Å². The van der Waals surface area contributed by atoms with Crippen LogP contribution >= 0.6 is 11.6 Å². The van der Waals surface area contributed by atoms with Gasteiger partial charge in [-0.1, -0.05) is 31.5 Å². The molecule has 0 amide bonds. The second-order valence-corrected chi connectivity index (χ2v) is 4.76. The molecule has 0 bridgehead atoms. The van der Waals surface area contributed by atoms with Gasteiger partial charge in [-0.25, -0.2) is 4.98 Å². The minimum Gasteiger partial charge on any atom is -0.301 e. The number of halogens is 1. The first kappa shape index (κ1) is 12.5. The van der Waals surface area contributed by atoms with Gasteiger partial charge in [-0.3, -0.25) is 0 Å². The van der Waals surface area contributed by atoms with Crippen molar-refractivity contribution in [2.45, 2.75) is 26.8 Å². The number of hydrogen-bond acceptors (Lipinski definition) is 2. The highest BCUT2D eigenvalue weighted by molar-refractivity contribution is 6.29. The first-order valence-corrected chi connectivity index (χ1v) is 5.75. The lowest BCUT2D eigenvalue weighted by Crippen LogP contribution is -2.20. The van der Waals surface area contributed by atoms with Crippen LogP contribution in [0.15, 0.2) is 18.2 Å². The van der Waals surface area contributed by atoms with E-state index in [9.17, 15) is 0 Å². The largest absolute Gasteiger partial charge is 0.301 e. The summed E-state index contributed by atoms with van der Waals surface area (Å²) in [4.78, 5) is 6.54.